The van der Waals surface area contributed by atoms with E-state index in [-0.39, 0.29) is 23.3 Å². The van der Waals surface area contributed by atoms with Crippen LogP contribution >= 0.6 is 0 Å². The molecule has 1 aliphatic heterocycles. The van der Waals surface area contributed by atoms with Crippen LogP contribution in [0.25, 0.3) is 10.8 Å². The number of fused-ring (bicyclic) bond motifs is 1. The quantitative estimate of drug-likeness (QED) is 0.616. The van der Waals surface area contributed by atoms with E-state index >= 15 is 0 Å². The molecular weight excluding hydrogens is 424 g/mol. The second-order valence-corrected chi connectivity index (χ2v) is 10.1. The highest BCUT2D eigenvalue weighted by Gasteiger charge is 2.34. The number of carbonyl (C=O) groups excluding carboxylic acids is 1. The molecule has 1 N–H and O–H groups in total. The third-order valence-corrected chi connectivity index (χ3v) is 7.91. The Morgan fingerprint density at radius 3 is 2.72 bits per heavy atom. The van der Waals surface area contributed by atoms with Gasteiger partial charge in [0.1, 0.15) is 10.6 Å². The number of carbonyl (C=O) groups is 1. The third-order valence-electron chi connectivity index (χ3n) is 6.02. The molecule has 1 saturated heterocycles. The Balaban J connectivity index is 1.48. The van der Waals surface area contributed by atoms with Gasteiger partial charge in [-0.3, -0.25) is 4.79 Å². The fraction of sp³-hybridized carbons (Fsp3) is 0.320. The standard InChI is InChI=1S/C25H28N2O4S/c1-18-12-13-23(31-2)24(15-18)32(29,30)27-14-6-10-21(17-27)25(28)26-16-20-9-5-8-19-7-3-4-11-22(19)20/h3-5,7-9,11-13,15,21H,6,10,14,16-17H2,1-2H3,(H,26,28)/t21-/m1/s1. The van der Waals surface area contributed by atoms with Crippen LogP contribution in [-0.2, 0) is 21.4 Å². The van der Waals surface area contributed by atoms with Gasteiger partial charge in [-0.05, 0) is 53.8 Å². The highest BCUT2D eigenvalue weighted by Crippen LogP contribution is 2.30. The number of methoxy groups -OCH3 is 1. The molecule has 1 amide bonds. The maximum atomic E-state index is 13.3. The van der Waals surface area contributed by atoms with Gasteiger partial charge in [0.2, 0.25) is 15.9 Å². The molecule has 168 valence electrons. The van der Waals surface area contributed by atoms with Gasteiger partial charge < -0.3 is 10.1 Å². The monoisotopic (exact) mass is 452 g/mol. The van der Waals surface area contributed by atoms with E-state index in [0.29, 0.717) is 31.7 Å². The number of sulfonamides is 1. The lowest BCUT2D eigenvalue weighted by Crippen LogP contribution is -2.45. The minimum Gasteiger partial charge on any atom is -0.495 e. The zero-order valence-corrected chi connectivity index (χ0v) is 19.2. The predicted octanol–water partition coefficient (Wildman–Crippen LogP) is 3.87. The summed E-state index contributed by atoms with van der Waals surface area (Å²) < 4.78 is 33.4. The summed E-state index contributed by atoms with van der Waals surface area (Å²) in [5.41, 5.74) is 1.88. The number of nitrogens with zero attached hydrogens (tertiary/aromatic N) is 1. The van der Waals surface area contributed by atoms with Crippen LogP contribution in [0.1, 0.15) is 24.0 Å². The van der Waals surface area contributed by atoms with E-state index < -0.39 is 10.0 Å². The average Bonchev–Trinajstić information content (AvgIpc) is 2.82. The highest BCUT2D eigenvalue weighted by molar-refractivity contribution is 7.89. The minimum atomic E-state index is -3.76. The van der Waals surface area contributed by atoms with Crippen LogP contribution < -0.4 is 10.1 Å². The molecule has 3 aromatic rings. The number of aryl methyl sites for hydroxylation is 1. The maximum absolute atomic E-state index is 13.3. The van der Waals surface area contributed by atoms with Crippen molar-refractivity contribution < 1.29 is 17.9 Å². The summed E-state index contributed by atoms with van der Waals surface area (Å²) in [5, 5.41) is 5.25. The van der Waals surface area contributed by atoms with Crippen LogP contribution in [0.2, 0.25) is 0 Å². The largest absolute Gasteiger partial charge is 0.495 e. The van der Waals surface area contributed by atoms with Crippen LogP contribution in [0.5, 0.6) is 5.75 Å². The van der Waals surface area contributed by atoms with Crippen LogP contribution in [0.4, 0.5) is 0 Å². The van der Waals surface area contributed by atoms with Gasteiger partial charge >= 0.3 is 0 Å². The Hall–Kier alpha value is -2.90. The van der Waals surface area contributed by atoms with Crippen LogP contribution in [0.15, 0.2) is 65.6 Å². The Morgan fingerprint density at radius 1 is 1.12 bits per heavy atom. The molecule has 0 saturated carbocycles. The van der Waals surface area contributed by atoms with Crippen molar-refractivity contribution in [3.05, 3.63) is 71.8 Å². The number of ether oxygens (including phenoxy) is 1. The number of amides is 1. The van der Waals surface area contributed by atoms with Gasteiger partial charge in [0.15, 0.2) is 0 Å². The molecule has 7 heteroatoms. The molecule has 0 bridgehead atoms. The van der Waals surface area contributed by atoms with Crippen molar-refractivity contribution in [2.75, 3.05) is 20.2 Å². The molecule has 1 atom stereocenters. The minimum absolute atomic E-state index is 0.117. The molecule has 0 radical (unpaired) electrons. The van der Waals surface area contributed by atoms with E-state index in [0.717, 1.165) is 21.9 Å². The maximum Gasteiger partial charge on any atom is 0.246 e. The van der Waals surface area contributed by atoms with Gasteiger partial charge in [0, 0.05) is 19.6 Å². The molecule has 0 aromatic heterocycles. The first kappa shape index (κ1) is 22.3. The van der Waals surface area contributed by atoms with Crippen LogP contribution in [-0.4, -0.2) is 38.8 Å². The molecule has 3 aromatic carbocycles. The lowest BCUT2D eigenvalue weighted by atomic mass is 9.98. The summed E-state index contributed by atoms with van der Waals surface area (Å²) in [4.78, 5) is 13.1. The summed E-state index contributed by atoms with van der Waals surface area (Å²) in [7, 11) is -2.30. The number of piperidine rings is 1. The number of hydrogen-bond donors (Lipinski definition) is 1. The first-order chi connectivity index (χ1) is 15.4. The summed E-state index contributed by atoms with van der Waals surface area (Å²) in [6, 6.07) is 19.2. The fourth-order valence-electron chi connectivity index (χ4n) is 4.27. The predicted molar refractivity (Wildman–Crippen MR) is 125 cm³/mol. The van der Waals surface area contributed by atoms with Gasteiger partial charge in [-0.2, -0.15) is 4.31 Å². The van der Waals surface area contributed by atoms with Crippen molar-refractivity contribution >= 4 is 26.7 Å². The molecule has 32 heavy (non-hydrogen) atoms. The van der Waals surface area contributed by atoms with Crippen molar-refractivity contribution in [1.29, 1.82) is 0 Å². The van der Waals surface area contributed by atoms with E-state index in [1.807, 2.05) is 55.5 Å². The molecule has 1 aliphatic rings. The first-order valence-corrected chi connectivity index (χ1v) is 12.2. The third kappa shape index (κ3) is 4.49. The molecule has 6 nitrogen and oxygen atoms in total. The van der Waals surface area contributed by atoms with Crippen molar-refractivity contribution in [2.45, 2.75) is 31.2 Å². The molecule has 1 heterocycles. The topological polar surface area (TPSA) is 75.7 Å². The Labute approximate surface area is 189 Å². The van der Waals surface area contributed by atoms with Crippen molar-refractivity contribution in [3.63, 3.8) is 0 Å². The van der Waals surface area contributed by atoms with E-state index in [2.05, 4.69) is 5.32 Å². The summed E-state index contributed by atoms with van der Waals surface area (Å²) in [6.07, 6.45) is 1.30. The SMILES string of the molecule is COc1ccc(C)cc1S(=O)(=O)N1CCC[C@@H](C(=O)NCc2cccc3ccccc23)C1. The Bertz CT molecular complexity index is 1230. The van der Waals surface area contributed by atoms with E-state index in [9.17, 15) is 13.2 Å². The Kier molecular flexibility index (Phi) is 6.48. The van der Waals surface area contributed by atoms with Gasteiger partial charge in [-0.15, -0.1) is 0 Å². The fourth-order valence-corrected chi connectivity index (χ4v) is 6.04. The zero-order chi connectivity index (χ0) is 22.7. The first-order valence-electron chi connectivity index (χ1n) is 10.8. The number of nitrogens with one attached hydrogen (secondary N) is 1. The molecule has 1 fully saturated rings. The average molecular weight is 453 g/mol. The van der Waals surface area contributed by atoms with E-state index in [4.69, 9.17) is 4.74 Å². The molecule has 0 spiro atoms. The number of rotatable bonds is 6. The van der Waals surface area contributed by atoms with Gasteiger partial charge in [-0.1, -0.05) is 48.5 Å². The van der Waals surface area contributed by atoms with Gasteiger partial charge in [0.05, 0.1) is 13.0 Å². The van der Waals surface area contributed by atoms with Crippen LogP contribution in [0, 0.1) is 12.8 Å². The normalized spacial score (nSPS) is 17.2. The van der Waals surface area contributed by atoms with Crippen molar-refractivity contribution in [1.82, 2.24) is 9.62 Å². The molecule has 0 aliphatic carbocycles. The van der Waals surface area contributed by atoms with Crippen molar-refractivity contribution in [3.8, 4) is 5.75 Å². The van der Waals surface area contributed by atoms with Gasteiger partial charge in [-0.25, -0.2) is 8.42 Å². The van der Waals surface area contributed by atoms with E-state index in [1.165, 1.54) is 11.4 Å². The molecule has 4 rings (SSSR count). The second kappa shape index (κ2) is 9.30. The molecule has 0 unspecified atom stereocenters. The lowest BCUT2D eigenvalue weighted by Gasteiger charge is -2.31. The lowest BCUT2D eigenvalue weighted by molar-refractivity contribution is -0.126. The second-order valence-electron chi connectivity index (χ2n) is 8.21. The van der Waals surface area contributed by atoms with Gasteiger partial charge in [0.25, 0.3) is 0 Å². The zero-order valence-electron chi connectivity index (χ0n) is 18.4. The van der Waals surface area contributed by atoms with E-state index in [1.54, 1.807) is 12.1 Å². The summed E-state index contributed by atoms with van der Waals surface area (Å²) >= 11 is 0. The number of hydrogen-bond acceptors (Lipinski definition) is 4. The van der Waals surface area contributed by atoms with Crippen LogP contribution in [0.3, 0.4) is 0 Å². The van der Waals surface area contributed by atoms with Crippen molar-refractivity contribution in [2.24, 2.45) is 5.92 Å². The summed E-state index contributed by atoms with van der Waals surface area (Å²) in [6.45, 7) is 2.82. The summed E-state index contributed by atoms with van der Waals surface area (Å²) in [5.74, 6) is -0.184. The Morgan fingerprint density at radius 2 is 1.91 bits per heavy atom. The highest BCUT2D eigenvalue weighted by atomic mass is 32.2. The number of benzene rings is 3. The smallest absolute Gasteiger partial charge is 0.246 e. The molecular formula is C25H28N2O4S.